The van der Waals surface area contributed by atoms with Crippen molar-refractivity contribution in [1.82, 2.24) is 25.1 Å². The summed E-state index contributed by atoms with van der Waals surface area (Å²) >= 11 is 6.24. The molecule has 142 valence electrons. The summed E-state index contributed by atoms with van der Waals surface area (Å²) in [4.78, 5) is 19.4. The summed E-state index contributed by atoms with van der Waals surface area (Å²) in [5, 5.41) is 11.7. The smallest absolute Gasteiger partial charge is 0.372 e. The third-order valence-corrected chi connectivity index (χ3v) is 3.96. The lowest BCUT2D eigenvalue weighted by molar-refractivity contribution is -0.137. The lowest BCUT2D eigenvalue weighted by Gasteiger charge is -2.24. The Bertz CT molecular complexity index is 819. The lowest BCUT2D eigenvalue weighted by atomic mass is 10.1. The monoisotopic (exact) mass is 391 g/mol. The van der Waals surface area contributed by atoms with Gasteiger partial charge in [-0.25, -0.2) is 9.67 Å². The molecule has 12 heteroatoms. The number of aromatic nitrogens is 4. The summed E-state index contributed by atoms with van der Waals surface area (Å²) < 4.78 is 39.9. The summed E-state index contributed by atoms with van der Waals surface area (Å²) in [7, 11) is 2.80. The maximum Gasteiger partial charge on any atom is 0.421 e. The van der Waals surface area contributed by atoms with E-state index in [1.165, 1.54) is 25.0 Å². The van der Waals surface area contributed by atoms with Crippen LogP contribution in [0.2, 0.25) is 5.15 Å². The highest BCUT2D eigenvalue weighted by atomic mass is 35.5. The molecule has 0 aliphatic carbocycles. The van der Waals surface area contributed by atoms with E-state index in [0.717, 1.165) is 0 Å². The van der Waals surface area contributed by atoms with Gasteiger partial charge in [0, 0.05) is 20.3 Å². The van der Waals surface area contributed by atoms with E-state index in [4.69, 9.17) is 11.6 Å². The van der Waals surface area contributed by atoms with Gasteiger partial charge < -0.3 is 16.0 Å². The van der Waals surface area contributed by atoms with Crippen LogP contribution < -0.4 is 16.0 Å². The number of nitrogens with one attached hydrogen (secondary N) is 3. The van der Waals surface area contributed by atoms with E-state index >= 15 is 0 Å². The number of hydrogen-bond acceptors (Lipinski definition) is 6. The number of carbonyl (C=O) groups excluding carboxylic acids is 1. The number of anilines is 3. The highest BCUT2D eigenvalue weighted by Gasteiger charge is 2.35. The minimum Gasteiger partial charge on any atom is -0.372 e. The summed E-state index contributed by atoms with van der Waals surface area (Å²) in [6.07, 6.45) is -2.60. The van der Waals surface area contributed by atoms with Gasteiger partial charge in [0.25, 0.3) is 0 Å². The molecule has 2 heterocycles. The first-order chi connectivity index (χ1) is 12.0. The molecule has 0 spiro atoms. The fraction of sp³-hybridized carbons (Fsp3) is 0.429. The first kappa shape index (κ1) is 19.8. The zero-order valence-electron chi connectivity index (χ0n) is 14.4. The molecule has 0 radical (unpaired) electrons. The Hall–Kier alpha value is -2.56. The number of nitrogens with zero attached hydrogens (tertiary/aromatic N) is 4. The number of amides is 1. The normalized spacial score (nSPS) is 12.0. The zero-order valence-corrected chi connectivity index (χ0v) is 15.1. The molecule has 0 unspecified atom stereocenters. The maximum absolute atomic E-state index is 12.9. The van der Waals surface area contributed by atoms with Crippen LogP contribution in [0.3, 0.4) is 0 Å². The summed E-state index contributed by atoms with van der Waals surface area (Å²) in [5.41, 5.74) is -1.83. The molecule has 0 aromatic carbocycles. The van der Waals surface area contributed by atoms with Crippen LogP contribution >= 0.6 is 11.6 Å². The molecule has 2 aromatic rings. The predicted octanol–water partition coefficient (Wildman–Crippen LogP) is 2.61. The molecule has 26 heavy (non-hydrogen) atoms. The molecule has 0 saturated heterocycles. The summed E-state index contributed by atoms with van der Waals surface area (Å²) in [5.74, 6) is -0.817. The van der Waals surface area contributed by atoms with Crippen molar-refractivity contribution in [1.29, 1.82) is 0 Å². The number of hydrogen-bond donors (Lipinski definition) is 3. The van der Waals surface area contributed by atoms with Gasteiger partial charge in [-0.1, -0.05) is 11.6 Å². The number of halogens is 4. The number of alkyl halides is 3. The van der Waals surface area contributed by atoms with Crippen molar-refractivity contribution in [2.75, 3.05) is 24.7 Å². The van der Waals surface area contributed by atoms with Gasteiger partial charge in [-0.2, -0.15) is 23.3 Å². The average molecular weight is 392 g/mol. The van der Waals surface area contributed by atoms with Crippen LogP contribution in [0.4, 0.5) is 30.6 Å². The highest BCUT2D eigenvalue weighted by Crippen LogP contribution is 2.34. The minimum absolute atomic E-state index is 0.0769. The van der Waals surface area contributed by atoms with Gasteiger partial charge in [0.15, 0.2) is 5.15 Å². The van der Waals surface area contributed by atoms with Gasteiger partial charge in [-0.05, 0) is 13.8 Å². The minimum atomic E-state index is -4.59. The van der Waals surface area contributed by atoms with Crippen LogP contribution in [0.1, 0.15) is 19.4 Å². The molecular weight excluding hydrogens is 375 g/mol. The lowest BCUT2D eigenvalue weighted by Crippen LogP contribution is -2.43. The fourth-order valence-electron chi connectivity index (χ4n) is 2.17. The first-order valence-electron chi connectivity index (χ1n) is 7.37. The van der Waals surface area contributed by atoms with Gasteiger partial charge >= 0.3 is 6.18 Å². The fourth-order valence-corrected chi connectivity index (χ4v) is 2.52. The van der Waals surface area contributed by atoms with Gasteiger partial charge in [0.2, 0.25) is 11.9 Å². The zero-order chi connectivity index (χ0) is 19.7. The Balaban J connectivity index is 2.35. The number of likely N-dealkylation sites (N-methyl/N-ethyl adjacent to an activating group) is 1. The largest absolute Gasteiger partial charge is 0.421 e. The predicted molar refractivity (Wildman–Crippen MR) is 90.5 cm³/mol. The molecule has 0 saturated carbocycles. The molecule has 0 bridgehead atoms. The Morgan fingerprint density at radius 3 is 2.42 bits per heavy atom. The van der Waals surface area contributed by atoms with Gasteiger partial charge in [-0.15, -0.1) is 0 Å². The highest BCUT2D eigenvalue weighted by molar-refractivity contribution is 6.32. The standard InChI is InChI=1S/C14H17ClF3N7O/c1-13(2,11(26)20-4)25-9(15)8(6-22-25)23-12-21-5-7(14(16,17)18)10(19-3)24-12/h5-6H,1-4H3,(H,20,26)(H2,19,21,23,24). The second-order valence-corrected chi connectivity index (χ2v) is 6.09. The van der Waals surface area contributed by atoms with Gasteiger partial charge in [0.1, 0.15) is 16.9 Å². The van der Waals surface area contributed by atoms with E-state index in [9.17, 15) is 18.0 Å². The topological polar surface area (TPSA) is 96.8 Å². The number of carbonyl (C=O) groups is 1. The summed E-state index contributed by atoms with van der Waals surface area (Å²) in [6.45, 7) is 3.23. The molecule has 3 N–H and O–H groups in total. The van der Waals surface area contributed by atoms with Crippen molar-refractivity contribution in [2.45, 2.75) is 25.6 Å². The Kier molecular flexibility index (Phi) is 5.31. The molecule has 1 amide bonds. The molecule has 2 rings (SSSR count). The molecule has 0 fully saturated rings. The maximum atomic E-state index is 12.9. The average Bonchev–Trinajstić information content (AvgIpc) is 2.94. The Morgan fingerprint density at radius 1 is 1.23 bits per heavy atom. The molecular formula is C14H17ClF3N7O. The van der Waals surface area contributed by atoms with Gasteiger partial charge in [0.05, 0.1) is 11.9 Å². The van der Waals surface area contributed by atoms with E-state index in [1.807, 2.05) is 0 Å². The van der Waals surface area contributed by atoms with Crippen molar-refractivity contribution < 1.29 is 18.0 Å². The van der Waals surface area contributed by atoms with Crippen molar-refractivity contribution in [3.05, 3.63) is 23.1 Å². The van der Waals surface area contributed by atoms with E-state index in [-0.39, 0.29) is 28.5 Å². The molecule has 8 nitrogen and oxygen atoms in total. The van der Waals surface area contributed by atoms with Crippen LogP contribution in [0, 0.1) is 0 Å². The van der Waals surface area contributed by atoms with Crippen LogP contribution in [-0.4, -0.2) is 39.8 Å². The van der Waals surface area contributed by atoms with E-state index in [1.54, 1.807) is 13.8 Å². The van der Waals surface area contributed by atoms with Crippen molar-refractivity contribution in [3.63, 3.8) is 0 Å². The SMILES string of the molecule is CNC(=O)C(C)(C)n1ncc(Nc2ncc(C(F)(F)F)c(NC)n2)c1Cl. The third kappa shape index (κ3) is 3.66. The first-order valence-corrected chi connectivity index (χ1v) is 7.75. The molecule has 0 aliphatic heterocycles. The van der Waals surface area contributed by atoms with Crippen molar-refractivity contribution in [3.8, 4) is 0 Å². The van der Waals surface area contributed by atoms with E-state index in [0.29, 0.717) is 6.20 Å². The van der Waals surface area contributed by atoms with Crippen LogP contribution in [-0.2, 0) is 16.5 Å². The number of rotatable bonds is 5. The van der Waals surface area contributed by atoms with Crippen molar-refractivity contribution >= 4 is 35.0 Å². The van der Waals surface area contributed by atoms with E-state index in [2.05, 4.69) is 31.0 Å². The second-order valence-electron chi connectivity index (χ2n) is 5.73. The Morgan fingerprint density at radius 2 is 1.88 bits per heavy atom. The third-order valence-electron chi connectivity index (χ3n) is 3.60. The molecule has 0 atom stereocenters. The second kappa shape index (κ2) is 6.98. The van der Waals surface area contributed by atoms with Gasteiger partial charge in [-0.3, -0.25) is 4.79 Å². The van der Waals surface area contributed by atoms with E-state index < -0.39 is 17.3 Å². The van der Waals surface area contributed by atoms with Crippen LogP contribution in [0.25, 0.3) is 0 Å². The Labute approximate surface area is 152 Å². The summed E-state index contributed by atoms with van der Waals surface area (Å²) in [6, 6.07) is 0. The molecule has 2 aromatic heterocycles. The van der Waals surface area contributed by atoms with Crippen LogP contribution in [0.15, 0.2) is 12.4 Å². The van der Waals surface area contributed by atoms with Crippen LogP contribution in [0.5, 0.6) is 0 Å². The molecule has 0 aliphatic rings. The quantitative estimate of drug-likeness (QED) is 0.725. The van der Waals surface area contributed by atoms with Crippen molar-refractivity contribution in [2.24, 2.45) is 0 Å².